The molecule has 0 saturated heterocycles. The van der Waals surface area contributed by atoms with Crippen molar-refractivity contribution in [1.29, 1.82) is 0 Å². The molecule has 0 atom stereocenters. The second-order valence-electron chi connectivity index (χ2n) is 3.57. The fraction of sp³-hybridized carbons (Fsp3) is 0.625. The number of nitrogens with zero attached hydrogens (tertiary/aromatic N) is 1. The Kier molecular flexibility index (Phi) is 1.72. The van der Waals surface area contributed by atoms with Crippen LogP contribution in [0.5, 0.6) is 0 Å². The van der Waals surface area contributed by atoms with E-state index in [1.54, 1.807) is 0 Å². The molecule has 2 nitrogen and oxygen atoms in total. The van der Waals surface area contributed by atoms with Gasteiger partial charge in [-0.25, -0.2) is 4.98 Å². The third-order valence-electron chi connectivity index (χ3n) is 2.16. The van der Waals surface area contributed by atoms with E-state index in [9.17, 15) is 8.78 Å². The van der Waals surface area contributed by atoms with Crippen LogP contribution in [0.2, 0.25) is 0 Å². The molecular weight excluding hydrogens is 194 g/mol. The molecule has 1 aliphatic rings. The SMILES string of the molecule is CC(F)(F)c1ncc(C2(N)CC2)s1. The molecule has 72 valence electrons. The molecule has 1 aromatic heterocycles. The summed E-state index contributed by atoms with van der Waals surface area (Å²) in [6.45, 7) is 0.853. The van der Waals surface area contributed by atoms with Crippen LogP contribution in [0.15, 0.2) is 6.20 Å². The standard InChI is InChI=1S/C8H10F2N2S/c1-7(9,10)6-12-4-5(13-6)8(11)2-3-8/h4H,2-3,11H2,1H3. The van der Waals surface area contributed by atoms with E-state index in [1.807, 2.05) is 0 Å². The van der Waals surface area contributed by atoms with E-state index in [4.69, 9.17) is 5.73 Å². The van der Waals surface area contributed by atoms with Crippen molar-refractivity contribution in [2.45, 2.75) is 31.2 Å². The molecule has 0 aromatic carbocycles. The Balaban J connectivity index is 2.29. The summed E-state index contributed by atoms with van der Waals surface area (Å²) in [7, 11) is 0. The van der Waals surface area contributed by atoms with Crippen molar-refractivity contribution in [2.24, 2.45) is 5.73 Å². The quantitative estimate of drug-likeness (QED) is 0.802. The van der Waals surface area contributed by atoms with Gasteiger partial charge in [0, 0.05) is 18.0 Å². The zero-order valence-electron chi connectivity index (χ0n) is 7.18. The van der Waals surface area contributed by atoms with E-state index in [0.29, 0.717) is 0 Å². The number of hydrogen-bond acceptors (Lipinski definition) is 3. The lowest BCUT2D eigenvalue weighted by Crippen LogP contribution is -2.16. The second-order valence-corrected chi connectivity index (χ2v) is 4.60. The molecule has 0 aliphatic heterocycles. The first-order chi connectivity index (χ1) is 5.92. The number of rotatable bonds is 2. The zero-order chi connectivity index (χ0) is 9.69. The van der Waals surface area contributed by atoms with Crippen LogP contribution in [0, 0.1) is 0 Å². The lowest BCUT2D eigenvalue weighted by Gasteiger charge is -2.05. The van der Waals surface area contributed by atoms with Crippen LogP contribution in [0.1, 0.15) is 29.7 Å². The van der Waals surface area contributed by atoms with Crippen molar-refractivity contribution < 1.29 is 8.78 Å². The summed E-state index contributed by atoms with van der Waals surface area (Å²) in [5.41, 5.74) is 5.50. The van der Waals surface area contributed by atoms with Gasteiger partial charge >= 0.3 is 0 Å². The average molecular weight is 204 g/mol. The van der Waals surface area contributed by atoms with Gasteiger partial charge in [0.15, 0.2) is 5.01 Å². The van der Waals surface area contributed by atoms with Crippen LogP contribution in [-0.4, -0.2) is 4.98 Å². The largest absolute Gasteiger partial charge is 0.321 e. The molecule has 1 fully saturated rings. The normalized spacial score (nSPS) is 20.3. The molecule has 2 rings (SSSR count). The molecule has 1 heterocycles. The van der Waals surface area contributed by atoms with Gasteiger partial charge in [0.05, 0.1) is 5.54 Å². The van der Waals surface area contributed by atoms with Gasteiger partial charge in [0.1, 0.15) is 0 Å². The van der Waals surface area contributed by atoms with Crippen LogP contribution < -0.4 is 5.73 Å². The van der Waals surface area contributed by atoms with Crippen molar-refractivity contribution in [3.05, 3.63) is 16.1 Å². The number of alkyl halides is 2. The molecule has 1 aliphatic carbocycles. The number of nitrogens with two attached hydrogens (primary N) is 1. The van der Waals surface area contributed by atoms with E-state index in [1.165, 1.54) is 6.20 Å². The maximum absolute atomic E-state index is 12.8. The Labute approximate surface area is 78.8 Å². The Hall–Kier alpha value is -0.550. The smallest absolute Gasteiger partial charge is 0.296 e. The molecule has 5 heteroatoms. The van der Waals surface area contributed by atoms with Gasteiger partial charge in [-0.1, -0.05) is 0 Å². The molecule has 0 unspecified atom stereocenters. The number of thiazole rings is 1. The summed E-state index contributed by atoms with van der Waals surface area (Å²) in [6.07, 6.45) is 3.23. The Morgan fingerprint density at radius 2 is 2.23 bits per heavy atom. The predicted octanol–water partition coefficient (Wildman–Crippen LogP) is 2.20. The van der Waals surface area contributed by atoms with Crippen LogP contribution in [0.4, 0.5) is 8.78 Å². The third-order valence-corrected chi connectivity index (χ3v) is 3.55. The Morgan fingerprint density at radius 1 is 1.62 bits per heavy atom. The van der Waals surface area contributed by atoms with Crippen molar-refractivity contribution in [2.75, 3.05) is 0 Å². The van der Waals surface area contributed by atoms with Gasteiger partial charge in [-0.15, -0.1) is 11.3 Å². The summed E-state index contributed by atoms with van der Waals surface area (Å²) in [4.78, 5) is 4.46. The van der Waals surface area contributed by atoms with E-state index in [0.717, 1.165) is 36.0 Å². The number of hydrogen-bond donors (Lipinski definition) is 1. The van der Waals surface area contributed by atoms with Gasteiger partial charge in [-0.05, 0) is 12.8 Å². The molecule has 1 saturated carbocycles. The topological polar surface area (TPSA) is 38.9 Å². The van der Waals surface area contributed by atoms with E-state index >= 15 is 0 Å². The van der Waals surface area contributed by atoms with Crippen molar-refractivity contribution in [3.8, 4) is 0 Å². The predicted molar refractivity (Wildman–Crippen MR) is 46.8 cm³/mol. The van der Waals surface area contributed by atoms with Gasteiger partial charge in [-0.3, -0.25) is 0 Å². The van der Waals surface area contributed by atoms with Crippen LogP contribution in [0.3, 0.4) is 0 Å². The number of halogens is 2. The molecule has 0 spiro atoms. The first-order valence-corrected chi connectivity index (χ1v) is 4.87. The van der Waals surface area contributed by atoms with Gasteiger partial charge < -0.3 is 5.73 Å². The van der Waals surface area contributed by atoms with Crippen molar-refractivity contribution in [1.82, 2.24) is 4.98 Å². The lowest BCUT2D eigenvalue weighted by molar-refractivity contribution is 0.0172. The minimum absolute atomic E-state index is 0.140. The lowest BCUT2D eigenvalue weighted by atomic mass is 10.3. The average Bonchev–Trinajstić information content (AvgIpc) is 2.60. The minimum Gasteiger partial charge on any atom is -0.321 e. The van der Waals surface area contributed by atoms with E-state index in [2.05, 4.69) is 4.98 Å². The summed E-state index contributed by atoms with van der Waals surface area (Å²) in [5.74, 6) is -2.84. The zero-order valence-corrected chi connectivity index (χ0v) is 8.00. The van der Waals surface area contributed by atoms with Crippen molar-refractivity contribution >= 4 is 11.3 Å². The second kappa shape index (κ2) is 2.48. The maximum atomic E-state index is 12.8. The Morgan fingerprint density at radius 3 is 2.62 bits per heavy atom. The monoisotopic (exact) mass is 204 g/mol. The van der Waals surface area contributed by atoms with Gasteiger partial charge in [0.2, 0.25) is 0 Å². The summed E-state index contributed by atoms with van der Waals surface area (Å²) in [5, 5.41) is -0.140. The summed E-state index contributed by atoms with van der Waals surface area (Å²) in [6, 6.07) is 0. The van der Waals surface area contributed by atoms with E-state index in [-0.39, 0.29) is 10.5 Å². The first kappa shape index (κ1) is 9.02. The molecular formula is C8H10F2N2S. The Bertz CT molecular complexity index is 305. The molecule has 1 aromatic rings. The van der Waals surface area contributed by atoms with Crippen LogP contribution in [-0.2, 0) is 11.5 Å². The summed E-state index contributed by atoms with van der Waals surface area (Å²) < 4.78 is 25.6. The highest BCUT2D eigenvalue weighted by Crippen LogP contribution is 2.46. The third kappa shape index (κ3) is 1.58. The minimum atomic E-state index is -2.84. The summed E-state index contributed by atoms with van der Waals surface area (Å²) >= 11 is 1.02. The molecule has 0 radical (unpaired) electrons. The van der Waals surface area contributed by atoms with Gasteiger partial charge in [0.25, 0.3) is 5.92 Å². The first-order valence-electron chi connectivity index (χ1n) is 4.05. The van der Waals surface area contributed by atoms with Gasteiger partial charge in [-0.2, -0.15) is 8.78 Å². The van der Waals surface area contributed by atoms with Crippen molar-refractivity contribution in [3.63, 3.8) is 0 Å². The number of aromatic nitrogens is 1. The highest BCUT2D eigenvalue weighted by atomic mass is 32.1. The molecule has 0 amide bonds. The fourth-order valence-electron chi connectivity index (χ4n) is 1.09. The maximum Gasteiger partial charge on any atom is 0.296 e. The molecule has 2 N–H and O–H groups in total. The highest BCUT2D eigenvalue weighted by molar-refractivity contribution is 7.11. The highest BCUT2D eigenvalue weighted by Gasteiger charge is 2.43. The molecule has 0 bridgehead atoms. The molecule has 13 heavy (non-hydrogen) atoms. The van der Waals surface area contributed by atoms with E-state index < -0.39 is 5.92 Å². The fourth-order valence-corrected chi connectivity index (χ4v) is 2.09. The van der Waals surface area contributed by atoms with Crippen LogP contribution >= 0.6 is 11.3 Å². The van der Waals surface area contributed by atoms with Crippen LogP contribution in [0.25, 0.3) is 0 Å².